The number of benzene rings is 1. The van der Waals surface area contributed by atoms with Crippen LogP contribution in [0.5, 0.6) is 0 Å². The largest absolute Gasteiger partial charge is 0.459 e. The fraction of sp³-hybridized carbons (Fsp3) is 0.278. The molecule has 0 fully saturated rings. The number of hydrogen-bond donors (Lipinski definition) is 1. The Hall–Kier alpha value is -1.81. The highest BCUT2D eigenvalue weighted by atomic mass is 79.9. The third kappa shape index (κ3) is 3.89. The third-order valence-corrected chi connectivity index (χ3v) is 4.34. The van der Waals surface area contributed by atoms with Gasteiger partial charge in [-0.05, 0) is 43.0 Å². The minimum atomic E-state index is 0.0816. The van der Waals surface area contributed by atoms with Crippen LogP contribution in [0, 0.1) is 5.92 Å². The summed E-state index contributed by atoms with van der Waals surface area (Å²) in [7, 11) is 0. The Labute approximate surface area is 138 Å². The monoisotopic (exact) mass is 359 g/mol. The molecule has 1 aromatic heterocycles. The van der Waals surface area contributed by atoms with Crippen LogP contribution >= 0.6 is 15.9 Å². The van der Waals surface area contributed by atoms with E-state index in [2.05, 4.69) is 33.4 Å². The minimum absolute atomic E-state index is 0.0816. The second-order valence-corrected chi connectivity index (χ2v) is 6.43. The molecule has 0 radical (unpaired) electrons. The average molecular weight is 360 g/mol. The maximum atomic E-state index is 11.9. The Kier molecular flexibility index (Phi) is 4.78. The zero-order valence-corrected chi connectivity index (χ0v) is 13.8. The number of amides is 1. The van der Waals surface area contributed by atoms with Crippen LogP contribution in [0.3, 0.4) is 0 Å². The molecule has 1 unspecified atom stereocenters. The molecule has 1 N–H and O–H groups in total. The summed E-state index contributed by atoms with van der Waals surface area (Å²) in [6.45, 7) is 0.436. The number of furan rings is 1. The molecule has 3 nitrogen and oxygen atoms in total. The van der Waals surface area contributed by atoms with Gasteiger partial charge in [-0.25, -0.2) is 0 Å². The number of carbonyl (C=O) groups is 1. The molecule has 1 aliphatic carbocycles. The lowest BCUT2D eigenvalue weighted by Gasteiger charge is -2.07. The predicted molar refractivity (Wildman–Crippen MR) is 90.2 cm³/mol. The van der Waals surface area contributed by atoms with Crippen molar-refractivity contribution in [3.8, 4) is 11.3 Å². The average Bonchev–Trinajstić information content (AvgIpc) is 3.17. The van der Waals surface area contributed by atoms with Gasteiger partial charge in [0.1, 0.15) is 11.5 Å². The second-order valence-electron chi connectivity index (χ2n) is 5.52. The van der Waals surface area contributed by atoms with Crippen LogP contribution in [0.1, 0.15) is 25.0 Å². The van der Waals surface area contributed by atoms with E-state index in [-0.39, 0.29) is 5.91 Å². The van der Waals surface area contributed by atoms with Crippen LogP contribution in [0.4, 0.5) is 0 Å². The van der Waals surface area contributed by atoms with Gasteiger partial charge in [0.15, 0.2) is 0 Å². The topological polar surface area (TPSA) is 42.2 Å². The number of rotatable bonds is 5. The van der Waals surface area contributed by atoms with Gasteiger partial charge < -0.3 is 9.73 Å². The van der Waals surface area contributed by atoms with E-state index in [4.69, 9.17) is 4.42 Å². The van der Waals surface area contributed by atoms with Crippen LogP contribution in [0.2, 0.25) is 0 Å². The summed E-state index contributed by atoms with van der Waals surface area (Å²) >= 11 is 3.42. The number of halogens is 1. The van der Waals surface area contributed by atoms with Crippen molar-refractivity contribution in [1.82, 2.24) is 5.32 Å². The van der Waals surface area contributed by atoms with Gasteiger partial charge in [-0.1, -0.05) is 40.2 Å². The summed E-state index contributed by atoms with van der Waals surface area (Å²) in [5.74, 6) is 2.07. The fourth-order valence-corrected chi connectivity index (χ4v) is 2.87. The van der Waals surface area contributed by atoms with Crippen LogP contribution in [-0.4, -0.2) is 5.91 Å². The lowest BCUT2D eigenvalue weighted by atomic mass is 10.1. The maximum absolute atomic E-state index is 11.9. The molecule has 114 valence electrons. The predicted octanol–water partition coefficient (Wildman–Crippen LogP) is 4.68. The normalized spacial score (nSPS) is 16.9. The smallest absolute Gasteiger partial charge is 0.220 e. The standard InChI is InChI=1S/C18H18BrNO2/c19-15-7-5-14(6-8-15)17-10-9-16(22-17)12-20-18(21)11-13-3-1-2-4-13/h1,3,5-10,13H,2,4,11-12H2,(H,20,21). The van der Waals surface area contributed by atoms with Crippen molar-refractivity contribution in [3.63, 3.8) is 0 Å². The van der Waals surface area contributed by atoms with Crippen molar-refractivity contribution < 1.29 is 9.21 Å². The van der Waals surface area contributed by atoms with E-state index in [1.165, 1.54) is 0 Å². The number of carbonyl (C=O) groups excluding carboxylic acids is 1. The lowest BCUT2D eigenvalue weighted by molar-refractivity contribution is -0.121. The van der Waals surface area contributed by atoms with Gasteiger partial charge in [0.2, 0.25) is 5.91 Å². The Bertz CT molecular complexity index is 673. The van der Waals surface area contributed by atoms with E-state index in [1.807, 2.05) is 36.4 Å². The van der Waals surface area contributed by atoms with Gasteiger partial charge in [0, 0.05) is 16.5 Å². The first-order valence-corrected chi connectivity index (χ1v) is 8.28. The fourth-order valence-electron chi connectivity index (χ4n) is 2.60. The van der Waals surface area contributed by atoms with E-state index in [0.29, 0.717) is 18.9 Å². The van der Waals surface area contributed by atoms with Crippen LogP contribution in [-0.2, 0) is 11.3 Å². The van der Waals surface area contributed by atoms with Crippen molar-refractivity contribution in [2.45, 2.75) is 25.8 Å². The third-order valence-electron chi connectivity index (χ3n) is 3.81. The zero-order valence-electron chi connectivity index (χ0n) is 12.2. The van der Waals surface area contributed by atoms with Gasteiger partial charge in [-0.15, -0.1) is 0 Å². The quantitative estimate of drug-likeness (QED) is 0.787. The number of nitrogens with one attached hydrogen (secondary N) is 1. The van der Waals surface area contributed by atoms with E-state index < -0.39 is 0 Å². The van der Waals surface area contributed by atoms with Crippen molar-refractivity contribution in [3.05, 3.63) is 58.8 Å². The Morgan fingerprint density at radius 1 is 1.23 bits per heavy atom. The summed E-state index contributed by atoms with van der Waals surface area (Å²) < 4.78 is 6.82. The van der Waals surface area contributed by atoms with Crippen molar-refractivity contribution in [1.29, 1.82) is 0 Å². The highest BCUT2D eigenvalue weighted by molar-refractivity contribution is 9.10. The first kappa shape index (κ1) is 15.1. The molecule has 4 heteroatoms. The highest BCUT2D eigenvalue weighted by Crippen LogP contribution is 2.24. The molecule has 0 aliphatic heterocycles. The van der Waals surface area contributed by atoms with Gasteiger partial charge in [0.25, 0.3) is 0 Å². The molecule has 0 saturated heterocycles. The van der Waals surface area contributed by atoms with Crippen LogP contribution < -0.4 is 5.32 Å². The van der Waals surface area contributed by atoms with E-state index in [0.717, 1.165) is 34.4 Å². The first-order valence-electron chi connectivity index (χ1n) is 7.49. The van der Waals surface area contributed by atoms with Crippen molar-refractivity contribution in [2.75, 3.05) is 0 Å². The molecule has 0 spiro atoms. The molecular formula is C18H18BrNO2. The minimum Gasteiger partial charge on any atom is -0.459 e. The summed E-state index contributed by atoms with van der Waals surface area (Å²) in [5, 5.41) is 2.93. The molecule has 1 atom stereocenters. The first-order chi connectivity index (χ1) is 10.7. The van der Waals surface area contributed by atoms with Gasteiger partial charge in [0.05, 0.1) is 6.54 Å². The summed E-state index contributed by atoms with van der Waals surface area (Å²) in [6, 6.07) is 11.8. The Morgan fingerprint density at radius 3 is 2.77 bits per heavy atom. The van der Waals surface area contributed by atoms with Crippen molar-refractivity contribution in [2.24, 2.45) is 5.92 Å². The summed E-state index contributed by atoms with van der Waals surface area (Å²) in [4.78, 5) is 11.9. The molecule has 2 aromatic rings. The maximum Gasteiger partial charge on any atom is 0.220 e. The number of allylic oxidation sites excluding steroid dienone is 2. The van der Waals surface area contributed by atoms with Crippen molar-refractivity contribution >= 4 is 21.8 Å². The molecule has 1 heterocycles. The highest BCUT2D eigenvalue weighted by Gasteiger charge is 2.14. The molecular weight excluding hydrogens is 342 g/mol. The summed E-state index contributed by atoms with van der Waals surface area (Å²) in [5.41, 5.74) is 1.02. The molecule has 1 aromatic carbocycles. The van der Waals surface area contributed by atoms with Crippen LogP contribution in [0.15, 0.2) is 57.4 Å². The molecule has 0 saturated carbocycles. The molecule has 22 heavy (non-hydrogen) atoms. The Morgan fingerprint density at radius 2 is 2.05 bits per heavy atom. The Balaban J connectivity index is 1.54. The summed E-state index contributed by atoms with van der Waals surface area (Å²) in [6.07, 6.45) is 7.03. The molecule has 3 rings (SSSR count). The van der Waals surface area contributed by atoms with Crippen LogP contribution in [0.25, 0.3) is 11.3 Å². The van der Waals surface area contributed by atoms with E-state index in [9.17, 15) is 4.79 Å². The van der Waals surface area contributed by atoms with Gasteiger partial charge >= 0.3 is 0 Å². The number of hydrogen-bond acceptors (Lipinski definition) is 2. The zero-order chi connectivity index (χ0) is 15.4. The molecule has 1 amide bonds. The van der Waals surface area contributed by atoms with E-state index >= 15 is 0 Å². The SMILES string of the molecule is O=C(CC1C=CCC1)NCc1ccc(-c2ccc(Br)cc2)o1. The van der Waals surface area contributed by atoms with Gasteiger partial charge in [-0.3, -0.25) is 4.79 Å². The molecule has 0 bridgehead atoms. The van der Waals surface area contributed by atoms with E-state index in [1.54, 1.807) is 0 Å². The van der Waals surface area contributed by atoms with Gasteiger partial charge in [-0.2, -0.15) is 0 Å². The molecule has 1 aliphatic rings. The lowest BCUT2D eigenvalue weighted by Crippen LogP contribution is -2.24. The second kappa shape index (κ2) is 6.97.